The van der Waals surface area contributed by atoms with E-state index in [-0.39, 0.29) is 52.9 Å². The van der Waals surface area contributed by atoms with Crippen LogP contribution >= 0.6 is 11.6 Å². The van der Waals surface area contributed by atoms with Gasteiger partial charge in [-0.3, -0.25) is 4.90 Å². The molecule has 7 rings (SSSR count). The number of aliphatic hydroxyl groups excluding tert-OH is 1. The van der Waals surface area contributed by atoms with E-state index in [4.69, 9.17) is 51.9 Å². The Morgan fingerprint density at radius 3 is 2.81 bits per heavy atom. The molecule has 1 aliphatic carbocycles. The van der Waals surface area contributed by atoms with Crippen LogP contribution in [0.4, 0.5) is 15.9 Å². The van der Waals surface area contributed by atoms with Crippen molar-refractivity contribution in [2.45, 2.75) is 62.9 Å². The Labute approximate surface area is 278 Å². The molecule has 0 bridgehead atoms. The van der Waals surface area contributed by atoms with Gasteiger partial charge in [0.1, 0.15) is 29.0 Å². The molecule has 4 fully saturated rings. The van der Waals surface area contributed by atoms with Crippen LogP contribution in [0.5, 0.6) is 11.9 Å². The van der Waals surface area contributed by atoms with E-state index in [0.29, 0.717) is 53.7 Å². The van der Waals surface area contributed by atoms with E-state index < -0.39 is 5.82 Å². The first kappa shape index (κ1) is 32.0. The number of pyridine rings is 1. The molecular formula is C34H41ClFN7O4. The molecule has 1 saturated carbocycles. The van der Waals surface area contributed by atoms with E-state index in [1.807, 2.05) is 6.08 Å². The zero-order valence-electron chi connectivity index (χ0n) is 26.8. The maximum Gasteiger partial charge on any atom is 0.319 e. The Balaban J connectivity index is 1.41. The van der Waals surface area contributed by atoms with Crippen molar-refractivity contribution in [3.63, 3.8) is 0 Å². The van der Waals surface area contributed by atoms with Gasteiger partial charge < -0.3 is 35.4 Å². The van der Waals surface area contributed by atoms with Gasteiger partial charge in [0.2, 0.25) is 5.88 Å². The maximum atomic E-state index is 17.2. The molecule has 11 nitrogen and oxygen atoms in total. The number of methoxy groups -OCH3 is 1. The topological polar surface area (TPSA) is 143 Å². The SMILES string of the molecule is COc1nc(-c2c(C=N)c(N)cc(Cl)c2C2CC2)c(F)c2nc(OCC34CCCN3C/C(=C\CO)C4)nc(N3CCOCCC3C)c12. The molecule has 4 N–H and O–H groups in total. The summed E-state index contributed by atoms with van der Waals surface area (Å²) in [5.74, 6) is 0.0459. The zero-order chi connectivity index (χ0) is 32.9. The van der Waals surface area contributed by atoms with Crippen LogP contribution in [-0.4, -0.2) is 95.9 Å². The lowest BCUT2D eigenvalue weighted by Gasteiger charge is -2.32. The van der Waals surface area contributed by atoms with Crippen molar-refractivity contribution in [3.8, 4) is 23.1 Å². The lowest BCUT2D eigenvalue weighted by atomic mass is 9.93. The Morgan fingerprint density at radius 1 is 1.23 bits per heavy atom. The summed E-state index contributed by atoms with van der Waals surface area (Å²) < 4.78 is 35.3. The number of nitrogens with one attached hydrogen (secondary N) is 1. The van der Waals surface area contributed by atoms with E-state index in [1.54, 1.807) is 6.07 Å². The number of ether oxygens (including phenoxy) is 3. The molecule has 250 valence electrons. The first-order chi connectivity index (χ1) is 22.8. The Bertz CT molecular complexity index is 1750. The van der Waals surface area contributed by atoms with Gasteiger partial charge in [-0.05, 0) is 69.5 Å². The van der Waals surface area contributed by atoms with Crippen molar-refractivity contribution in [3.05, 3.63) is 39.7 Å². The first-order valence-corrected chi connectivity index (χ1v) is 16.7. The second kappa shape index (κ2) is 12.8. The second-order valence-electron chi connectivity index (χ2n) is 13.1. The number of hydrogen-bond acceptors (Lipinski definition) is 11. The predicted octanol–water partition coefficient (Wildman–Crippen LogP) is 5.10. The molecule has 5 heterocycles. The van der Waals surface area contributed by atoms with Crippen molar-refractivity contribution in [1.29, 1.82) is 5.41 Å². The summed E-state index contributed by atoms with van der Waals surface area (Å²) in [6.45, 7) is 5.77. The van der Waals surface area contributed by atoms with Crippen LogP contribution in [0.15, 0.2) is 17.7 Å². The van der Waals surface area contributed by atoms with Gasteiger partial charge in [0, 0.05) is 53.8 Å². The van der Waals surface area contributed by atoms with Crippen LogP contribution in [0.2, 0.25) is 5.02 Å². The van der Waals surface area contributed by atoms with Crippen molar-refractivity contribution in [1.82, 2.24) is 19.9 Å². The molecular weight excluding hydrogens is 625 g/mol. The highest BCUT2D eigenvalue weighted by atomic mass is 35.5. The van der Waals surface area contributed by atoms with Gasteiger partial charge in [0.05, 0.1) is 25.9 Å². The van der Waals surface area contributed by atoms with Crippen LogP contribution in [0.25, 0.3) is 22.2 Å². The number of nitrogen functional groups attached to an aromatic ring is 1. The van der Waals surface area contributed by atoms with Crippen LogP contribution in [0, 0.1) is 11.2 Å². The molecule has 2 atom stereocenters. The van der Waals surface area contributed by atoms with Crippen molar-refractivity contribution < 1.29 is 23.7 Å². The van der Waals surface area contributed by atoms with E-state index in [2.05, 4.69) is 16.7 Å². The van der Waals surface area contributed by atoms with Crippen LogP contribution in [-0.2, 0) is 4.74 Å². The van der Waals surface area contributed by atoms with Crippen molar-refractivity contribution in [2.75, 3.05) is 63.8 Å². The number of aromatic nitrogens is 3. The lowest BCUT2D eigenvalue weighted by Crippen LogP contribution is -2.43. The average molecular weight is 666 g/mol. The number of halogens is 2. The molecule has 2 aromatic heterocycles. The minimum absolute atomic E-state index is 0.00684. The van der Waals surface area contributed by atoms with Gasteiger partial charge in [0.15, 0.2) is 5.82 Å². The Hall–Kier alpha value is -3.58. The van der Waals surface area contributed by atoms with Gasteiger partial charge >= 0.3 is 6.01 Å². The fraction of sp³-hybridized carbons (Fsp3) is 0.529. The molecule has 0 amide bonds. The molecule has 4 aliphatic rings. The summed E-state index contributed by atoms with van der Waals surface area (Å²) >= 11 is 6.73. The highest BCUT2D eigenvalue weighted by molar-refractivity contribution is 6.32. The molecule has 0 spiro atoms. The van der Waals surface area contributed by atoms with Gasteiger partial charge in [0.25, 0.3) is 0 Å². The summed E-state index contributed by atoms with van der Waals surface area (Å²) in [7, 11) is 1.49. The number of fused-ring (bicyclic) bond motifs is 2. The Kier molecular flexibility index (Phi) is 8.71. The molecule has 3 aromatic rings. The van der Waals surface area contributed by atoms with Crippen LogP contribution < -0.4 is 20.1 Å². The fourth-order valence-electron chi connectivity index (χ4n) is 7.63. The summed E-state index contributed by atoms with van der Waals surface area (Å²) in [4.78, 5) is 18.8. The van der Waals surface area contributed by atoms with E-state index in [9.17, 15) is 5.11 Å². The summed E-state index contributed by atoms with van der Waals surface area (Å²) in [5, 5.41) is 18.5. The fourth-order valence-corrected chi connectivity index (χ4v) is 7.99. The third kappa shape index (κ3) is 5.68. The maximum absolute atomic E-state index is 17.2. The third-order valence-electron chi connectivity index (χ3n) is 10.2. The van der Waals surface area contributed by atoms with Crippen LogP contribution in [0.3, 0.4) is 0 Å². The molecule has 3 saturated heterocycles. The van der Waals surface area contributed by atoms with Crippen molar-refractivity contribution in [2.24, 2.45) is 0 Å². The van der Waals surface area contributed by atoms with E-state index >= 15 is 4.39 Å². The first-order valence-electron chi connectivity index (χ1n) is 16.4. The number of benzene rings is 1. The predicted molar refractivity (Wildman–Crippen MR) is 180 cm³/mol. The normalized spacial score (nSPS) is 24.1. The smallest absolute Gasteiger partial charge is 0.319 e. The number of anilines is 2. The number of nitrogens with zero attached hydrogens (tertiary/aromatic N) is 5. The highest BCUT2D eigenvalue weighted by Crippen LogP contribution is 2.51. The molecule has 2 unspecified atom stereocenters. The molecule has 1 aromatic carbocycles. The quantitative estimate of drug-likeness (QED) is 0.160. The summed E-state index contributed by atoms with van der Waals surface area (Å²) in [6.07, 6.45) is 8.33. The highest BCUT2D eigenvalue weighted by Gasteiger charge is 2.47. The second-order valence-corrected chi connectivity index (χ2v) is 13.5. The zero-order valence-corrected chi connectivity index (χ0v) is 27.6. The van der Waals surface area contributed by atoms with E-state index in [1.165, 1.54) is 12.7 Å². The summed E-state index contributed by atoms with van der Waals surface area (Å²) in [6, 6.07) is 1.71. The monoisotopic (exact) mass is 665 g/mol. The molecule has 13 heteroatoms. The Morgan fingerprint density at radius 2 is 2.06 bits per heavy atom. The van der Waals surface area contributed by atoms with Crippen LogP contribution in [0.1, 0.15) is 62.5 Å². The van der Waals surface area contributed by atoms with Gasteiger partial charge in [-0.2, -0.15) is 9.97 Å². The average Bonchev–Trinajstić information content (AvgIpc) is 3.78. The standard InChI is InChI=1S/C34H41ClFN7O4/c1-19-7-12-46-13-10-43(19)31-27-30(40-33(41-31)47-18-34-8-3-9-42(34)17-20(15-34)6-11-44)28(36)29(39-32(27)45-2)26-22(16-37)24(38)14-23(35)25(26)21-4-5-21/h6,14,16,19,21,37,44H,3-5,7-13,15,17-18,38H2,1-2H3/b20-6-,37-16?. The number of aliphatic hydroxyl groups is 1. The molecule has 3 aliphatic heterocycles. The van der Waals surface area contributed by atoms with E-state index in [0.717, 1.165) is 63.4 Å². The third-order valence-corrected chi connectivity index (χ3v) is 10.5. The van der Waals surface area contributed by atoms with Gasteiger partial charge in [-0.25, -0.2) is 9.37 Å². The minimum Gasteiger partial charge on any atom is -0.480 e. The van der Waals surface area contributed by atoms with Gasteiger partial charge in [-0.1, -0.05) is 23.3 Å². The molecule has 47 heavy (non-hydrogen) atoms. The summed E-state index contributed by atoms with van der Waals surface area (Å²) in [5.41, 5.74) is 9.00. The van der Waals surface area contributed by atoms with Gasteiger partial charge in [-0.15, -0.1) is 0 Å². The minimum atomic E-state index is -0.686. The van der Waals surface area contributed by atoms with Crippen molar-refractivity contribution >= 4 is 40.2 Å². The number of nitrogens with two attached hydrogens (primary N) is 1. The number of rotatable bonds is 9. The lowest BCUT2D eigenvalue weighted by molar-refractivity contribution is 0.108. The largest absolute Gasteiger partial charge is 0.480 e. The molecule has 0 radical (unpaired) electrons. The number of hydrogen-bond donors (Lipinski definition) is 3.